The lowest BCUT2D eigenvalue weighted by molar-refractivity contribution is -0.130. The molecule has 2 heterocycles. The number of hydrogen-bond acceptors (Lipinski definition) is 3. The van der Waals surface area contributed by atoms with E-state index in [2.05, 4.69) is 11.9 Å². The van der Waals surface area contributed by atoms with Gasteiger partial charge in [0.15, 0.2) is 0 Å². The zero-order valence-corrected chi connectivity index (χ0v) is 15.6. The number of nitrogens with one attached hydrogen (secondary N) is 1. The summed E-state index contributed by atoms with van der Waals surface area (Å²) in [5.41, 5.74) is 3.85. The summed E-state index contributed by atoms with van der Waals surface area (Å²) < 4.78 is 0. The van der Waals surface area contributed by atoms with Crippen LogP contribution in [0.5, 0.6) is 0 Å². The molecule has 3 rings (SSSR count). The predicted molar refractivity (Wildman–Crippen MR) is 108 cm³/mol. The summed E-state index contributed by atoms with van der Waals surface area (Å²) in [6, 6.07) is 9.85. The van der Waals surface area contributed by atoms with Crippen LogP contribution in [0.3, 0.4) is 0 Å². The van der Waals surface area contributed by atoms with Crippen LogP contribution in [0.15, 0.2) is 78.1 Å². The second kappa shape index (κ2) is 8.54. The first-order valence-electron chi connectivity index (χ1n) is 9.13. The van der Waals surface area contributed by atoms with Gasteiger partial charge in [0.25, 0.3) is 5.91 Å². The lowest BCUT2D eigenvalue weighted by atomic mass is 9.93. The number of benzene rings is 1. The van der Waals surface area contributed by atoms with Crippen LogP contribution in [0.2, 0.25) is 0 Å². The highest BCUT2D eigenvalue weighted by molar-refractivity contribution is 5.97. The van der Waals surface area contributed by atoms with Gasteiger partial charge in [-0.25, -0.2) is 0 Å². The van der Waals surface area contributed by atoms with Crippen LogP contribution >= 0.6 is 0 Å². The number of para-hydroxylation sites is 1. The van der Waals surface area contributed by atoms with Crippen molar-refractivity contribution in [3.63, 3.8) is 0 Å². The van der Waals surface area contributed by atoms with Gasteiger partial charge in [0, 0.05) is 37.0 Å². The van der Waals surface area contributed by atoms with Gasteiger partial charge < -0.3 is 15.1 Å². The Kier molecular flexibility index (Phi) is 5.91. The molecule has 0 aromatic heterocycles. The quantitative estimate of drug-likeness (QED) is 0.646. The molecule has 1 N–H and O–H groups in total. The van der Waals surface area contributed by atoms with E-state index in [1.807, 2.05) is 59.3 Å². The summed E-state index contributed by atoms with van der Waals surface area (Å²) in [5.74, 6) is -0.0180. The van der Waals surface area contributed by atoms with Gasteiger partial charge >= 0.3 is 0 Å². The largest absolute Gasteiger partial charge is 0.365 e. The van der Waals surface area contributed by atoms with Gasteiger partial charge in [-0.2, -0.15) is 0 Å². The molecule has 2 aliphatic rings. The molecular formula is C22H25N3O2. The van der Waals surface area contributed by atoms with Crippen LogP contribution in [-0.2, 0) is 9.59 Å². The van der Waals surface area contributed by atoms with Gasteiger partial charge in [0.05, 0.1) is 13.1 Å². The van der Waals surface area contributed by atoms with E-state index < -0.39 is 0 Å². The van der Waals surface area contributed by atoms with E-state index in [4.69, 9.17) is 0 Å². The molecule has 140 valence electrons. The van der Waals surface area contributed by atoms with E-state index in [0.717, 1.165) is 23.4 Å². The first-order chi connectivity index (χ1) is 13.1. The third-order valence-corrected chi connectivity index (χ3v) is 4.89. The summed E-state index contributed by atoms with van der Waals surface area (Å²) in [6.45, 7) is 5.10. The minimum Gasteiger partial charge on any atom is -0.365 e. The van der Waals surface area contributed by atoms with Crippen molar-refractivity contribution < 1.29 is 9.59 Å². The predicted octanol–water partition coefficient (Wildman–Crippen LogP) is 2.80. The number of carbonyl (C=O) groups is 2. The molecule has 2 amide bonds. The van der Waals surface area contributed by atoms with Crippen molar-refractivity contribution >= 4 is 17.5 Å². The van der Waals surface area contributed by atoms with Gasteiger partial charge in [-0.3, -0.25) is 9.59 Å². The number of likely N-dealkylation sites (N-methyl/N-ethyl adjacent to an activating group) is 1. The number of anilines is 1. The standard InChI is InChI=1S/C22H25N3O2/c1-3-4-6-9-18-14-17-12-13-25(15-20(17)23-22(18)27)21(26)16-24(2)19-10-7-5-8-11-19/h3-11H,1,12-16H2,2H3,(H,23,27)/b6-4-,18-9+. The highest BCUT2D eigenvalue weighted by Gasteiger charge is 2.29. The van der Waals surface area contributed by atoms with Crippen molar-refractivity contribution in [2.75, 3.05) is 31.6 Å². The maximum Gasteiger partial charge on any atom is 0.251 e. The Morgan fingerprint density at radius 3 is 2.81 bits per heavy atom. The zero-order valence-electron chi connectivity index (χ0n) is 15.6. The van der Waals surface area contributed by atoms with Crippen LogP contribution in [0, 0.1) is 0 Å². The maximum absolute atomic E-state index is 12.7. The Morgan fingerprint density at radius 2 is 2.07 bits per heavy atom. The molecule has 5 nitrogen and oxygen atoms in total. The molecule has 5 heteroatoms. The molecule has 1 aromatic carbocycles. The fourth-order valence-electron chi connectivity index (χ4n) is 3.33. The fraction of sp³-hybridized carbons (Fsp3) is 0.273. The van der Waals surface area contributed by atoms with Crippen molar-refractivity contribution in [1.82, 2.24) is 10.2 Å². The Labute approximate surface area is 160 Å². The summed E-state index contributed by atoms with van der Waals surface area (Å²) in [5, 5.41) is 2.97. The number of hydrogen-bond donors (Lipinski definition) is 1. The number of carbonyl (C=O) groups excluding carboxylic acids is 2. The molecule has 0 saturated carbocycles. The van der Waals surface area contributed by atoms with E-state index in [1.165, 1.54) is 5.57 Å². The minimum atomic E-state index is -0.0850. The number of nitrogens with zero attached hydrogens (tertiary/aromatic N) is 2. The highest BCUT2D eigenvalue weighted by Crippen LogP contribution is 2.27. The van der Waals surface area contributed by atoms with Gasteiger partial charge in [-0.05, 0) is 24.1 Å². The van der Waals surface area contributed by atoms with Crippen molar-refractivity contribution in [2.45, 2.75) is 12.8 Å². The Bertz CT molecular complexity index is 821. The number of amides is 2. The lowest BCUT2D eigenvalue weighted by Gasteiger charge is -2.35. The second-order valence-corrected chi connectivity index (χ2v) is 6.78. The maximum atomic E-state index is 12.7. The Hall–Kier alpha value is -3.08. The Balaban J connectivity index is 1.63. The molecule has 0 radical (unpaired) electrons. The third-order valence-electron chi connectivity index (χ3n) is 4.89. The van der Waals surface area contributed by atoms with Gasteiger partial charge in [-0.1, -0.05) is 49.1 Å². The number of allylic oxidation sites excluding steroid dienone is 4. The average molecular weight is 363 g/mol. The number of rotatable bonds is 5. The van der Waals surface area contributed by atoms with Crippen molar-refractivity contribution in [3.05, 3.63) is 78.1 Å². The van der Waals surface area contributed by atoms with Gasteiger partial charge in [0.2, 0.25) is 5.91 Å². The molecule has 0 aliphatic carbocycles. The summed E-state index contributed by atoms with van der Waals surface area (Å²) >= 11 is 0. The van der Waals surface area contributed by atoms with Gasteiger partial charge in [0.1, 0.15) is 0 Å². The molecule has 2 aliphatic heterocycles. The smallest absolute Gasteiger partial charge is 0.251 e. The van der Waals surface area contributed by atoms with Crippen LogP contribution < -0.4 is 10.2 Å². The first kappa shape index (κ1) is 18.7. The fourth-order valence-corrected chi connectivity index (χ4v) is 3.33. The molecule has 1 aromatic rings. The molecule has 0 bridgehead atoms. The van der Waals surface area contributed by atoms with E-state index in [0.29, 0.717) is 26.1 Å². The first-order valence-corrected chi connectivity index (χ1v) is 9.13. The van der Waals surface area contributed by atoms with Crippen LogP contribution in [0.1, 0.15) is 12.8 Å². The minimum absolute atomic E-state index is 0.0670. The summed E-state index contributed by atoms with van der Waals surface area (Å²) in [6.07, 6.45) is 8.57. The lowest BCUT2D eigenvalue weighted by Crippen LogP contribution is -2.46. The Morgan fingerprint density at radius 1 is 1.30 bits per heavy atom. The zero-order chi connectivity index (χ0) is 19.2. The molecule has 0 saturated heterocycles. The monoisotopic (exact) mass is 363 g/mol. The molecule has 0 fully saturated rings. The van der Waals surface area contributed by atoms with Crippen LogP contribution in [0.4, 0.5) is 5.69 Å². The van der Waals surface area contributed by atoms with E-state index >= 15 is 0 Å². The molecular weight excluding hydrogens is 338 g/mol. The van der Waals surface area contributed by atoms with Crippen molar-refractivity contribution in [1.29, 1.82) is 0 Å². The van der Waals surface area contributed by atoms with E-state index in [-0.39, 0.29) is 11.8 Å². The average Bonchev–Trinajstić information content (AvgIpc) is 2.68. The van der Waals surface area contributed by atoms with Crippen LogP contribution in [-0.4, -0.2) is 43.4 Å². The topological polar surface area (TPSA) is 52.7 Å². The van der Waals surface area contributed by atoms with Crippen LogP contribution in [0.25, 0.3) is 0 Å². The second-order valence-electron chi connectivity index (χ2n) is 6.78. The van der Waals surface area contributed by atoms with Crippen molar-refractivity contribution in [3.8, 4) is 0 Å². The molecule has 0 atom stereocenters. The molecule has 27 heavy (non-hydrogen) atoms. The van der Waals surface area contributed by atoms with Crippen molar-refractivity contribution in [2.24, 2.45) is 0 Å². The normalized spacial score (nSPS) is 18.5. The van der Waals surface area contributed by atoms with E-state index in [9.17, 15) is 9.59 Å². The summed E-state index contributed by atoms with van der Waals surface area (Å²) in [7, 11) is 1.91. The highest BCUT2D eigenvalue weighted by atomic mass is 16.2. The summed E-state index contributed by atoms with van der Waals surface area (Å²) in [4.78, 5) is 28.8. The molecule has 0 unspecified atom stereocenters. The SMILES string of the molecule is C=C/C=C\C=C1/CC2=C(CN(C(=O)CN(C)c3ccccc3)CC2)NC1=O. The molecule has 0 spiro atoms. The van der Waals surface area contributed by atoms with E-state index in [1.54, 1.807) is 12.2 Å². The van der Waals surface area contributed by atoms with Gasteiger partial charge in [-0.15, -0.1) is 0 Å². The third kappa shape index (κ3) is 4.56.